The number of nitrogens with zero attached hydrogens (tertiary/aromatic N) is 1. The Morgan fingerprint density at radius 3 is 2.55 bits per heavy atom. The van der Waals surface area contributed by atoms with Gasteiger partial charge in [0, 0.05) is 19.6 Å². The van der Waals surface area contributed by atoms with Gasteiger partial charge in [0.15, 0.2) is 0 Å². The molecule has 0 spiro atoms. The van der Waals surface area contributed by atoms with Crippen molar-refractivity contribution in [2.75, 3.05) is 26.2 Å². The average Bonchev–Trinajstić information content (AvgIpc) is 3.24. The summed E-state index contributed by atoms with van der Waals surface area (Å²) in [5, 5.41) is 6.37. The molecular formula is C23H34ClN3O2. The summed E-state index contributed by atoms with van der Waals surface area (Å²) >= 11 is 0. The van der Waals surface area contributed by atoms with Crippen LogP contribution in [0.2, 0.25) is 0 Å². The van der Waals surface area contributed by atoms with E-state index in [1.165, 1.54) is 5.56 Å². The SMILES string of the molecule is Cl.O=C(NCC1CCCN(C(=O)C2(Cc3ccccc3)CCC2)C1)C1CCCN1. The highest BCUT2D eigenvalue weighted by Gasteiger charge is 2.46. The first kappa shape index (κ1) is 22.1. The van der Waals surface area contributed by atoms with Crippen molar-refractivity contribution in [1.82, 2.24) is 15.5 Å². The van der Waals surface area contributed by atoms with E-state index in [2.05, 4.69) is 39.8 Å². The standard InChI is InChI=1S/C23H33N3O2.ClH/c27-21(20-10-4-13-24-20)25-16-19-9-5-14-26(17-19)22(28)23(11-6-12-23)15-18-7-2-1-3-8-18;/h1-3,7-8,19-20,24H,4-6,9-17H2,(H,25,27);1H. The van der Waals surface area contributed by atoms with E-state index < -0.39 is 0 Å². The molecule has 6 heteroatoms. The topological polar surface area (TPSA) is 61.4 Å². The van der Waals surface area contributed by atoms with Crippen LogP contribution in [-0.4, -0.2) is 48.9 Å². The lowest BCUT2D eigenvalue weighted by atomic mass is 9.64. The molecule has 2 N–H and O–H groups in total. The smallest absolute Gasteiger partial charge is 0.237 e. The van der Waals surface area contributed by atoms with E-state index in [1.54, 1.807) is 0 Å². The van der Waals surface area contributed by atoms with E-state index in [1.807, 2.05) is 6.07 Å². The summed E-state index contributed by atoms with van der Waals surface area (Å²) < 4.78 is 0. The molecule has 29 heavy (non-hydrogen) atoms. The molecule has 2 heterocycles. The molecule has 4 rings (SSSR count). The van der Waals surface area contributed by atoms with Crippen LogP contribution in [0, 0.1) is 11.3 Å². The molecule has 5 nitrogen and oxygen atoms in total. The van der Waals surface area contributed by atoms with Gasteiger partial charge in [-0.15, -0.1) is 12.4 Å². The van der Waals surface area contributed by atoms with E-state index in [0.717, 1.165) is 71.0 Å². The van der Waals surface area contributed by atoms with Crippen LogP contribution in [0.25, 0.3) is 0 Å². The number of halogens is 1. The zero-order chi connectivity index (χ0) is 19.4. The maximum atomic E-state index is 13.4. The third-order valence-corrected chi connectivity index (χ3v) is 6.90. The maximum absolute atomic E-state index is 13.4. The molecule has 0 radical (unpaired) electrons. The minimum Gasteiger partial charge on any atom is -0.354 e. The molecule has 1 aromatic carbocycles. The Labute approximate surface area is 180 Å². The summed E-state index contributed by atoms with van der Waals surface area (Å²) in [5.41, 5.74) is 1.07. The van der Waals surface area contributed by atoms with Crippen molar-refractivity contribution in [3.8, 4) is 0 Å². The number of rotatable bonds is 6. The molecule has 1 aromatic rings. The van der Waals surface area contributed by atoms with Crippen molar-refractivity contribution in [1.29, 1.82) is 0 Å². The highest BCUT2D eigenvalue weighted by atomic mass is 35.5. The number of likely N-dealkylation sites (tertiary alicyclic amines) is 1. The fraction of sp³-hybridized carbons (Fsp3) is 0.652. The molecule has 1 saturated carbocycles. The number of amides is 2. The van der Waals surface area contributed by atoms with Gasteiger partial charge in [0.1, 0.15) is 0 Å². The Hall–Kier alpha value is -1.59. The first-order valence-electron chi connectivity index (χ1n) is 11.0. The van der Waals surface area contributed by atoms with Crippen LogP contribution in [0.3, 0.4) is 0 Å². The fourth-order valence-corrected chi connectivity index (χ4v) is 5.08. The summed E-state index contributed by atoms with van der Waals surface area (Å²) in [6.45, 7) is 3.28. The summed E-state index contributed by atoms with van der Waals surface area (Å²) in [6.07, 6.45) is 8.16. The van der Waals surface area contributed by atoms with E-state index in [-0.39, 0.29) is 29.8 Å². The summed E-state index contributed by atoms with van der Waals surface area (Å²) in [5.74, 6) is 0.841. The van der Waals surface area contributed by atoms with Gasteiger partial charge in [-0.05, 0) is 63.0 Å². The molecule has 3 aliphatic rings. The molecule has 160 valence electrons. The van der Waals surface area contributed by atoms with Crippen molar-refractivity contribution < 1.29 is 9.59 Å². The molecule has 2 unspecified atom stereocenters. The van der Waals surface area contributed by atoms with Gasteiger partial charge in [-0.1, -0.05) is 36.8 Å². The Bertz CT molecular complexity index is 687. The maximum Gasteiger partial charge on any atom is 0.237 e. The van der Waals surface area contributed by atoms with Gasteiger partial charge >= 0.3 is 0 Å². The molecule has 2 atom stereocenters. The second-order valence-corrected chi connectivity index (χ2v) is 8.95. The minimum absolute atomic E-state index is 0. The lowest BCUT2D eigenvalue weighted by molar-refractivity contribution is -0.149. The van der Waals surface area contributed by atoms with Crippen molar-refractivity contribution in [3.63, 3.8) is 0 Å². The van der Waals surface area contributed by atoms with E-state index >= 15 is 0 Å². The lowest BCUT2D eigenvalue weighted by Gasteiger charge is -2.46. The highest BCUT2D eigenvalue weighted by molar-refractivity contribution is 5.85. The second kappa shape index (κ2) is 9.94. The Morgan fingerprint density at radius 2 is 1.90 bits per heavy atom. The first-order chi connectivity index (χ1) is 13.7. The molecule has 3 fully saturated rings. The Morgan fingerprint density at radius 1 is 1.10 bits per heavy atom. The van der Waals surface area contributed by atoms with Crippen LogP contribution in [0.4, 0.5) is 0 Å². The van der Waals surface area contributed by atoms with Crippen molar-refractivity contribution in [2.24, 2.45) is 11.3 Å². The number of carbonyl (C=O) groups is 2. The quantitative estimate of drug-likeness (QED) is 0.745. The van der Waals surface area contributed by atoms with E-state index in [4.69, 9.17) is 0 Å². The van der Waals surface area contributed by atoms with E-state index in [9.17, 15) is 9.59 Å². The largest absolute Gasteiger partial charge is 0.354 e. The summed E-state index contributed by atoms with van der Waals surface area (Å²) in [6, 6.07) is 10.4. The van der Waals surface area contributed by atoms with Gasteiger partial charge < -0.3 is 15.5 Å². The first-order valence-corrected chi connectivity index (χ1v) is 11.0. The number of piperidine rings is 1. The number of hydrogen-bond donors (Lipinski definition) is 2. The number of benzene rings is 1. The van der Waals surface area contributed by atoms with Gasteiger partial charge in [0.05, 0.1) is 11.5 Å². The third-order valence-electron chi connectivity index (χ3n) is 6.90. The molecule has 0 aromatic heterocycles. The minimum atomic E-state index is -0.194. The highest BCUT2D eigenvalue weighted by Crippen LogP contribution is 2.45. The predicted molar refractivity (Wildman–Crippen MR) is 117 cm³/mol. The predicted octanol–water partition coefficient (Wildman–Crippen LogP) is 2.93. The average molecular weight is 420 g/mol. The van der Waals surface area contributed by atoms with Crippen LogP contribution in [0.5, 0.6) is 0 Å². The van der Waals surface area contributed by atoms with Crippen LogP contribution < -0.4 is 10.6 Å². The normalized spacial score (nSPS) is 25.6. The Kier molecular flexibility index (Phi) is 7.58. The zero-order valence-electron chi connectivity index (χ0n) is 17.2. The van der Waals surface area contributed by atoms with Crippen molar-refractivity contribution in [2.45, 2.75) is 57.4 Å². The molecular weight excluding hydrogens is 386 g/mol. The third kappa shape index (κ3) is 5.13. The summed E-state index contributed by atoms with van der Waals surface area (Å²) in [4.78, 5) is 27.8. The molecule has 2 saturated heterocycles. The van der Waals surface area contributed by atoms with Gasteiger partial charge in [-0.3, -0.25) is 9.59 Å². The number of nitrogens with one attached hydrogen (secondary N) is 2. The van der Waals surface area contributed by atoms with Gasteiger partial charge in [-0.25, -0.2) is 0 Å². The van der Waals surface area contributed by atoms with Gasteiger partial charge in [-0.2, -0.15) is 0 Å². The van der Waals surface area contributed by atoms with Gasteiger partial charge in [0.25, 0.3) is 0 Å². The van der Waals surface area contributed by atoms with Crippen molar-refractivity contribution in [3.05, 3.63) is 35.9 Å². The molecule has 2 amide bonds. The number of hydrogen-bond acceptors (Lipinski definition) is 3. The van der Waals surface area contributed by atoms with E-state index in [0.29, 0.717) is 18.4 Å². The van der Waals surface area contributed by atoms with Crippen LogP contribution >= 0.6 is 12.4 Å². The van der Waals surface area contributed by atoms with Crippen LogP contribution in [0.1, 0.15) is 50.5 Å². The summed E-state index contributed by atoms with van der Waals surface area (Å²) in [7, 11) is 0. The van der Waals surface area contributed by atoms with Crippen LogP contribution in [-0.2, 0) is 16.0 Å². The molecule has 1 aliphatic carbocycles. The molecule has 0 bridgehead atoms. The lowest BCUT2D eigenvalue weighted by Crippen LogP contribution is -2.53. The fourth-order valence-electron chi connectivity index (χ4n) is 5.08. The second-order valence-electron chi connectivity index (χ2n) is 8.95. The zero-order valence-corrected chi connectivity index (χ0v) is 18.0. The number of carbonyl (C=O) groups excluding carboxylic acids is 2. The van der Waals surface area contributed by atoms with Crippen molar-refractivity contribution >= 4 is 24.2 Å². The molecule has 2 aliphatic heterocycles. The Balaban J connectivity index is 0.00000240. The van der Waals surface area contributed by atoms with Gasteiger partial charge in [0.2, 0.25) is 11.8 Å². The van der Waals surface area contributed by atoms with Crippen LogP contribution in [0.15, 0.2) is 30.3 Å². The monoisotopic (exact) mass is 419 g/mol.